The Morgan fingerprint density at radius 2 is 1.66 bits per heavy atom. The minimum Gasteiger partial charge on any atom is -0.452 e. The van der Waals surface area contributed by atoms with E-state index >= 15 is 0 Å². The first kappa shape index (κ1) is 20.4. The number of nitrogens with zero attached hydrogens (tertiary/aromatic N) is 1. The van der Waals surface area contributed by atoms with Gasteiger partial charge in [0.05, 0.1) is 23.1 Å². The average Bonchev–Trinajstić information content (AvgIpc) is 3.47. The van der Waals surface area contributed by atoms with Crippen molar-refractivity contribution in [2.45, 2.75) is 19.3 Å². The van der Waals surface area contributed by atoms with Crippen molar-refractivity contribution in [3.63, 3.8) is 0 Å². The third kappa shape index (κ3) is 3.45. The summed E-state index contributed by atoms with van der Waals surface area (Å²) >= 11 is 0. The lowest BCUT2D eigenvalue weighted by molar-refractivity contribution is -0.123. The van der Waals surface area contributed by atoms with Crippen molar-refractivity contribution >= 4 is 35.1 Å². The minimum absolute atomic E-state index is 0.137. The molecule has 0 radical (unpaired) electrons. The van der Waals surface area contributed by atoms with Crippen LogP contribution in [0.5, 0.6) is 0 Å². The molecule has 3 amide bonds. The topological polar surface area (TPSA) is 92.8 Å². The second kappa shape index (κ2) is 7.85. The van der Waals surface area contributed by atoms with Gasteiger partial charge in [0.1, 0.15) is 5.82 Å². The first-order chi connectivity index (χ1) is 15.4. The summed E-state index contributed by atoms with van der Waals surface area (Å²) < 4.78 is 18.0. The van der Waals surface area contributed by atoms with Crippen LogP contribution in [0.1, 0.15) is 29.6 Å². The Hall–Kier alpha value is -3.55. The van der Waals surface area contributed by atoms with Crippen LogP contribution < -0.4 is 10.2 Å². The van der Waals surface area contributed by atoms with Crippen molar-refractivity contribution < 1.29 is 28.3 Å². The molecule has 7 nitrogen and oxygen atoms in total. The Morgan fingerprint density at radius 1 is 1.00 bits per heavy atom. The number of nitrogens with one attached hydrogen (secondary N) is 1. The van der Waals surface area contributed by atoms with Gasteiger partial charge in [0.25, 0.3) is 5.91 Å². The molecule has 8 heteroatoms. The molecule has 2 saturated carbocycles. The van der Waals surface area contributed by atoms with Crippen LogP contribution in [0.2, 0.25) is 0 Å². The van der Waals surface area contributed by atoms with Crippen molar-refractivity contribution in [1.82, 2.24) is 0 Å². The van der Waals surface area contributed by atoms with Crippen LogP contribution in [0.4, 0.5) is 15.8 Å². The molecule has 1 aliphatic heterocycles. The summed E-state index contributed by atoms with van der Waals surface area (Å²) in [5.74, 6) is -2.06. The Kier molecular flexibility index (Phi) is 5.00. The Morgan fingerprint density at radius 3 is 2.31 bits per heavy atom. The van der Waals surface area contributed by atoms with E-state index in [4.69, 9.17) is 4.74 Å². The zero-order valence-corrected chi connectivity index (χ0v) is 17.1. The summed E-state index contributed by atoms with van der Waals surface area (Å²) in [6.07, 6.45) is 2.93. The van der Waals surface area contributed by atoms with Gasteiger partial charge in [-0.15, -0.1) is 0 Å². The summed E-state index contributed by atoms with van der Waals surface area (Å²) in [5.41, 5.74) is 0.858. The fourth-order valence-corrected chi connectivity index (χ4v) is 5.38. The number of rotatable bonds is 5. The van der Waals surface area contributed by atoms with E-state index in [0.717, 1.165) is 19.3 Å². The van der Waals surface area contributed by atoms with Gasteiger partial charge in [0, 0.05) is 5.69 Å². The number of esters is 1. The van der Waals surface area contributed by atoms with Crippen LogP contribution in [0.3, 0.4) is 0 Å². The monoisotopic (exact) mass is 436 g/mol. The Labute approximate surface area is 183 Å². The molecule has 5 rings (SSSR count). The highest BCUT2D eigenvalue weighted by Crippen LogP contribution is 2.56. The number of amides is 3. The number of halogens is 1. The molecule has 3 fully saturated rings. The van der Waals surface area contributed by atoms with Crippen molar-refractivity contribution in [3.05, 3.63) is 59.9 Å². The van der Waals surface area contributed by atoms with Crippen LogP contribution >= 0.6 is 0 Å². The number of ether oxygens (including phenoxy) is 1. The molecule has 2 aliphatic carbocycles. The summed E-state index contributed by atoms with van der Waals surface area (Å²) in [5, 5.41) is 2.50. The Bertz CT molecular complexity index is 1090. The zero-order chi connectivity index (χ0) is 22.4. The third-order valence-corrected chi connectivity index (χ3v) is 6.73. The number of fused-ring (bicyclic) bond motifs is 5. The van der Waals surface area contributed by atoms with Gasteiger partial charge in [-0.1, -0.05) is 6.07 Å². The molecule has 32 heavy (non-hydrogen) atoms. The fraction of sp³-hybridized carbons (Fsp3) is 0.333. The summed E-state index contributed by atoms with van der Waals surface area (Å²) in [6.45, 7) is -0.532. The zero-order valence-electron chi connectivity index (χ0n) is 17.1. The van der Waals surface area contributed by atoms with E-state index in [1.165, 1.54) is 41.3 Å². The number of carbonyl (C=O) groups excluding carboxylic acids is 4. The van der Waals surface area contributed by atoms with E-state index < -0.39 is 24.3 Å². The lowest BCUT2D eigenvalue weighted by Gasteiger charge is -2.19. The number of anilines is 2. The fourth-order valence-electron chi connectivity index (χ4n) is 5.38. The highest BCUT2D eigenvalue weighted by Gasteiger charge is 2.61. The standard InChI is InChI=1S/C24H21FN2O5/c25-16-6-8-17(9-7-16)26-19(28)12-32-24(31)15-2-1-3-18(11-15)27-22(29)20-13-4-5-14(10-13)21(20)23(27)30/h1-3,6-9,11,13-14,20-21H,4-5,10,12H2,(H,26,28)/t13-,14-,20-,21-/m0/s1. The van der Waals surface area contributed by atoms with Gasteiger partial charge in [0.2, 0.25) is 11.8 Å². The average molecular weight is 436 g/mol. The second-order valence-electron chi connectivity index (χ2n) is 8.58. The van der Waals surface area contributed by atoms with E-state index in [9.17, 15) is 23.6 Å². The molecule has 1 N–H and O–H groups in total. The lowest BCUT2D eigenvalue weighted by Crippen LogP contribution is -2.32. The molecule has 4 atom stereocenters. The maximum Gasteiger partial charge on any atom is 0.338 e. The quantitative estimate of drug-likeness (QED) is 0.574. The van der Waals surface area contributed by atoms with E-state index in [2.05, 4.69) is 5.32 Å². The molecule has 0 unspecified atom stereocenters. The number of hydrogen-bond donors (Lipinski definition) is 1. The van der Waals surface area contributed by atoms with E-state index in [0.29, 0.717) is 11.4 Å². The molecular weight excluding hydrogens is 415 g/mol. The third-order valence-electron chi connectivity index (χ3n) is 6.73. The first-order valence-electron chi connectivity index (χ1n) is 10.6. The lowest BCUT2D eigenvalue weighted by atomic mass is 9.81. The van der Waals surface area contributed by atoms with Crippen molar-refractivity contribution in [3.8, 4) is 0 Å². The molecule has 1 saturated heterocycles. The number of imide groups is 1. The van der Waals surface area contributed by atoms with E-state index in [1.807, 2.05) is 0 Å². The Balaban J connectivity index is 1.24. The molecule has 0 aromatic heterocycles. The predicted molar refractivity (Wildman–Crippen MR) is 112 cm³/mol. The van der Waals surface area contributed by atoms with E-state index in [1.54, 1.807) is 12.1 Å². The molecule has 1 heterocycles. The predicted octanol–water partition coefficient (Wildman–Crippen LogP) is 3.16. The van der Waals surface area contributed by atoms with Gasteiger partial charge in [-0.25, -0.2) is 9.18 Å². The van der Waals surface area contributed by atoms with E-state index in [-0.39, 0.29) is 41.0 Å². The summed E-state index contributed by atoms with van der Waals surface area (Å²) in [6, 6.07) is 11.3. The maximum absolute atomic E-state index is 13.0. The molecule has 3 aliphatic rings. The number of carbonyl (C=O) groups is 4. The largest absolute Gasteiger partial charge is 0.452 e. The minimum atomic E-state index is -0.750. The van der Waals surface area contributed by atoms with Crippen LogP contribution in [0.15, 0.2) is 48.5 Å². The normalized spacial score (nSPS) is 25.7. The highest BCUT2D eigenvalue weighted by atomic mass is 19.1. The van der Waals surface area contributed by atoms with Gasteiger partial charge in [0.15, 0.2) is 6.61 Å². The van der Waals surface area contributed by atoms with Gasteiger partial charge >= 0.3 is 5.97 Å². The van der Waals surface area contributed by atoms with Crippen molar-refractivity contribution in [2.75, 3.05) is 16.8 Å². The molecule has 2 aromatic carbocycles. The number of benzene rings is 2. The van der Waals surface area contributed by atoms with Crippen molar-refractivity contribution in [2.24, 2.45) is 23.7 Å². The molecule has 164 valence electrons. The SMILES string of the molecule is O=C(COC(=O)c1cccc(N2C(=O)[C@H]3[C@H]4CC[C@@H](C4)[C@@H]3C2=O)c1)Nc1ccc(F)cc1. The molecule has 2 bridgehead atoms. The van der Waals surface area contributed by atoms with Gasteiger partial charge in [-0.2, -0.15) is 0 Å². The smallest absolute Gasteiger partial charge is 0.338 e. The van der Waals surface area contributed by atoms with Crippen LogP contribution in [-0.2, 0) is 19.1 Å². The molecular formula is C24H21FN2O5. The van der Waals surface area contributed by atoms with Crippen LogP contribution in [0.25, 0.3) is 0 Å². The molecule has 0 spiro atoms. The van der Waals surface area contributed by atoms with Gasteiger partial charge < -0.3 is 10.1 Å². The number of hydrogen-bond acceptors (Lipinski definition) is 5. The maximum atomic E-state index is 13.0. The van der Waals surface area contributed by atoms with Gasteiger partial charge in [-0.3, -0.25) is 19.3 Å². The first-order valence-corrected chi connectivity index (χ1v) is 10.6. The van der Waals surface area contributed by atoms with Crippen molar-refractivity contribution in [1.29, 1.82) is 0 Å². The van der Waals surface area contributed by atoms with Crippen LogP contribution in [0, 0.1) is 29.5 Å². The highest BCUT2D eigenvalue weighted by molar-refractivity contribution is 6.22. The molecule has 2 aromatic rings. The van der Waals surface area contributed by atoms with Crippen LogP contribution in [-0.4, -0.2) is 30.3 Å². The second-order valence-corrected chi connectivity index (χ2v) is 8.58. The summed E-state index contributed by atoms with van der Waals surface area (Å²) in [7, 11) is 0. The summed E-state index contributed by atoms with van der Waals surface area (Å²) in [4.78, 5) is 51.6. The van der Waals surface area contributed by atoms with Gasteiger partial charge in [-0.05, 0) is 73.6 Å².